The van der Waals surface area contributed by atoms with Crippen molar-refractivity contribution >= 4 is 17.3 Å². The van der Waals surface area contributed by atoms with Crippen LogP contribution in [0.4, 0.5) is 10.1 Å². The van der Waals surface area contributed by atoms with Crippen LogP contribution in [0.2, 0.25) is 5.02 Å². The van der Waals surface area contributed by atoms with Crippen LogP contribution in [0.1, 0.15) is 23.6 Å². The number of benzene rings is 2. The first-order valence-electron chi connectivity index (χ1n) is 6.17. The summed E-state index contributed by atoms with van der Waals surface area (Å²) in [6.45, 7) is 0. The van der Waals surface area contributed by atoms with Gasteiger partial charge in [0.25, 0.3) is 0 Å². The van der Waals surface area contributed by atoms with Crippen molar-refractivity contribution < 1.29 is 9.50 Å². The third-order valence-corrected chi connectivity index (χ3v) is 3.75. The van der Waals surface area contributed by atoms with E-state index < -0.39 is 5.82 Å². The molecule has 2 aromatic rings. The van der Waals surface area contributed by atoms with Crippen LogP contribution in [-0.2, 0) is 6.42 Å². The van der Waals surface area contributed by atoms with Gasteiger partial charge in [-0.2, -0.15) is 0 Å². The van der Waals surface area contributed by atoms with Gasteiger partial charge >= 0.3 is 0 Å². The van der Waals surface area contributed by atoms with Crippen molar-refractivity contribution in [3.63, 3.8) is 0 Å². The van der Waals surface area contributed by atoms with E-state index in [2.05, 4.69) is 5.32 Å². The number of hydrogen-bond donors (Lipinski definition) is 2. The minimum Gasteiger partial charge on any atom is -0.508 e. The molecule has 0 bridgehead atoms. The van der Waals surface area contributed by atoms with Crippen molar-refractivity contribution in [2.75, 3.05) is 5.32 Å². The Morgan fingerprint density at radius 3 is 2.84 bits per heavy atom. The maximum atomic E-state index is 13.1. The molecule has 0 aromatic heterocycles. The van der Waals surface area contributed by atoms with Gasteiger partial charge in [0.15, 0.2) is 0 Å². The Bertz CT molecular complexity index is 630. The van der Waals surface area contributed by atoms with E-state index in [1.54, 1.807) is 24.3 Å². The van der Waals surface area contributed by atoms with Gasteiger partial charge in [0.2, 0.25) is 0 Å². The van der Waals surface area contributed by atoms with Gasteiger partial charge in [-0.25, -0.2) is 4.39 Å². The Morgan fingerprint density at radius 2 is 2.05 bits per heavy atom. The van der Waals surface area contributed by atoms with Gasteiger partial charge in [-0.3, -0.25) is 0 Å². The van der Waals surface area contributed by atoms with Gasteiger partial charge in [-0.05, 0) is 54.3 Å². The molecule has 4 heteroatoms. The molecule has 3 rings (SSSR count). The number of rotatable bonds is 2. The fraction of sp³-hybridized carbons (Fsp3) is 0.200. The van der Waals surface area contributed by atoms with Crippen molar-refractivity contribution in [3.8, 4) is 5.75 Å². The monoisotopic (exact) mass is 277 g/mol. The highest BCUT2D eigenvalue weighted by Gasteiger charge is 2.22. The molecule has 2 nitrogen and oxygen atoms in total. The number of nitrogens with one attached hydrogen (secondary N) is 1. The van der Waals surface area contributed by atoms with E-state index in [1.165, 1.54) is 11.6 Å². The lowest BCUT2D eigenvalue weighted by Crippen LogP contribution is -2.07. The number of aryl methyl sites for hydroxylation is 1. The lowest BCUT2D eigenvalue weighted by atomic mass is 10.1. The fourth-order valence-corrected chi connectivity index (χ4v) is 2.72. The summed E-state index contributed by atoms with van der Waals surface area (Å²) >= 11 is 5.77. The average Bonchev–Trinajstić information content (AvgIpc) is 2.76. The summed E-state index contributed by atoms with van der Waals surface area (Å²) in [6, 6.07) is 10.2. The Kier molecular flexibility index (Phi) is 3.07. The van der Waals surface area contributed by atoms with Crippen LogP contribution in [0.25, 0.3) is 0 Å². The van der Waals surface area contributed by atoms with Crippen LogP contribution in [0.15, 0.2) is 36.4 Å². The summed E-state index contributed by atoms with van der Waals surface area (Å²) in [5.41, 5.74) is 3.14. The summed E-state index contributed by atoms with van der Waals surface area (Å²) in [5, 5.41) is 12.9. The lowest BCUT2D eigenvalue weighted by Gasteiger charge is -2.16. The molecule has 2 N–H and O–H groups in total. The van der Waals surface area contributed by atoms with Crippen LogP contribution in [0, 0.1) is 5.82 Å². The highest BCUT2D eigenvalue weighted by molar-refractivity contribution is 6.31. The van der Waals surface area contributed by atoms with Gasteiger partial charge in [-0.1, -0.05) is 17.7 Å². The molecule has 1 aliphatic carbocycles. The molecule has 0 amide bonds. The summed E-state index contributed by atoms with van der Waals surface area (Å²) in [6.07, 6.45) is 1.88. The Labute approximate surface area is 115 Å². The zero-order chi connectivity index (χ0) is 13.4. The van der Waals surface area contributed by atoms with Crippen LogP contribution >= 0.6 is 11.6 Å². The van der Waals surface area contributed by atoms with E-state index >= 15 is 0 Å². The molecule has 0 heterocycles. The zero-order valence-corrected chi connectivity index (χ0v) is 10.9. The third kappa shape index (κ3) is 2.38. The van der Waals surface area contributed by atoms with Crippen LogP contribution in [0.5, 0.6) is 5.75 Å². The third-order valence-electron chi connectivity index (χ3n) is 3.46. The van der Waals surface area contributed by atoms with Crippen LogP contribution in [-0.4, -0.2) is 5.11 Å². The molecular formula is C15H13ClFNO. The van der Waals surface area contributed by atoms with Crippen molar-refractivity contribution in [2.24, 2.45) is 0 Å². The number of halogens is 2. The first-order valence-corrected chi connectivity index (χ1v) is 6.54. The molecule has 19 heavy (non-hydrogen) atoms. The summed E-state index contributed by atoms with van der Waals surface area (Å²) in [5.74, 6) is -0.117. The molecule has 98 valence electrons. The topological polar surface area (TPSA) is 32.3 Å². The van der Waals surface area contributed by atoms with Crippen molar-refractivity contribution in [1.29, 1.82) is 0 Å². The smallest absolute Gasteiger partial charge is 0.141 e. The number of phenolic OH excluding ortho intramolecular Hbond substituents is 1. The minimum atomic E-state index is -0.413. The molecule has 1 atom stereocenters. The summed E-state index contributed by atoms with van der Waals surface area (Å²) in [4.78, 5) is 0. The lowest BCUT2D eigenvalue weighted by molar-refractivity contribution is 0.474. The first-order chi connectivity index (χ1) is 9.13. The Morgan fingerprint density at radius 1 is 1.21 bits per heavy atom. The molecule has 0 spiro atoms. The first kappa shape index (κ1) is 12.3. The quantitative estimate of drug-likeness (QED) is 0.858. The van der Waals surface area contributed by atoms with Gasteiger partial charge in [0.05, 0.1) is 11.1 Å². The number of aromatic hydroxyl groups is 1. The van der Waals surface area contributed by atoms with Crippen LogP contribution in [0.3, 0.4) is 0 Å². The van der Waals surface area contributed by atoms with Gasteiger partial charge in [-0.15, -0.1) is 0 Å². The molecule has 0 saturated carbocycles. The molecule has 0 radical (unpaired) electrons. The van der Waals surface area contributed by atoms with Crippen molar-refractivity contribution in [1.82, 2.24) is 0 Å². The van der Waals surface area contributed by atoms with E-state index in [4.69, 9.17) is 11.6 Å². The Balaban J connectivity index is 1.84. The molecule has 0 aliphatic heterocycles. The Hall–Kier alpha value is -1.74. The summed E-state index contributed by atoms with van der Waals surface area (Å²) in [7, 11) is 0. The molecule has 1 aliphatic rings. The zero-order valence-electron chi connectivity index (χ0n) is 10.2. The van der Waals surface area contributed by atoms with Gasteiger partial charge in [0.1, 0.15) is 11.6 Å². The number of fused-ring (bicyclic) bond motifs is 1. The second kappa shape index (κ2) is 4.74. The second-order valence-corrected chi connectivity index (χ2v) is 5.15. The van der Waals surface area contributed by atoms with Gasteiger partial charge in [0, 0.05) is 5.69 Å². The predicted octanol–water partition coefficient (Wildman–Crippen LogP) is 4.28. The molecular weight excluding hydrogens is 265 g/mol. The number of anilines is 1. The normalized spacial score (nSPS) is 17.3. The highest BCUT2D eigenvalue weighted by atomic mass is 35.5. The maximum absolute atomic E-state index is 13.1. The number of hydrogen-bond acceptors (Lipinski definition) is 2. The SMILES string of the molecule is Oc1ccc2c(c1)CCC2Nc1ccc(F)c(Cl)c1. The second-order valence-electron chi connectivity index (χ2n) is 4.75. The largest absolute Gasteiger partial charge is 0.508 e. The van der Waals surface area contributed by atoms with Crippen molar-refractivity contribution in [2.45, 2.75) is 18.9 Å². The van der Waals surface area contributed by atoms with Gasteiger partial charge < -0.3 is 10.4 Å². The van der Waals surface area contributed by atoms with E-state index in [9.17, 15) is 9.50 Å². The summed E-state index contributed by atoms with van der Waals surface area (Å²) < 4.78 is 13.1. The standard InChI is InChI=1S/C15H13ClFNO/c16-13-8-10(2-5-14(13)17)18-15-6-1-9-7-11(19)3-4-12(9)15/h2-5,7-8,15,18-19H,1,6H2. The fourth-order valence-electron chi connectivity index (χ4n) is 2.54. The van der Waals surface area contributed by atoms with E-state index in [0.29, 0.717) is 5.75 Å². The van der Waals surface area contributed by atoms with Crippen LogP contribution < -0.4 is 5.32 Å². The van der Waals surface area contributed by atoms with E-state index in [-0.39, 0.29) is 11.1 Å². The maximum Gasteiger partial charge on any atom is 0.141 e. The minimum absolute atomic E-state index is 0.119. The molecule has 0 saturated heterocycles. The van der Waals surface area contributed by atoms with E-state index in [1.807, 2.05) is 6.07 Å². The average molecular weight is 278 g/mol. The van der Waals surface area contributed by atoms with Crippen molar-refractivity contribution in [3.05, 3.63) is 58.4 Å². The number of phenols is 1. The highest BCUT2D eigenvalue weighted by Crippen LogP contribution is 2.36. The predicted molar refractivity (Wildman–Crippen MR) is 74.2 cm³/mol. The molecule has 1 unspecified atom stereocenters. The van der Waals surface area contributed by atoms with E-state index in [0.717, 1.165) is 24.1 Å². The molecule has 2 aromatic carbocycles. The molecule has 0 fully saturated rings.